The van der Waals surface area contributed by atoms with E-state index in [2.05, 4.69) is 20.4 Å². The van der Waals surface area contributed by atoms with Crippen molar-refractivity contribution in [3.05, 3.63) is 53.5 Å². The molecule has 0 aliphatic rings. The Morgan fingerprint density at radius 3 is 2.40 bits per heavy atom. The van der Waals surface area contributed by atoms with Crippen LogP contribution in [0.5, 0.6) is 0 Å². The van der Waals surface area contributed by atoms with Crippen LogP contribution in [0.25, 0.3) is 5.78 Å². The van der Waals surface area contributed by atoms with E-state index in [4.69, 9.17) is 0 Å². The van der Waals surface area contributed by atoms with Gasteiger partial charge in [-0.1, -0.05) is 24.3 Å². The molecule has 0 spiro atoms. The maximum atomic E-state index is 12.8. The monoisotopic (exact) mass is 347 g/mol. The van der Waals surface area contributed by atoms with Crippen molar-refractivity contribution in [3.8, 4) is 0 Å². The largest absolute Gasteiger partial charge is 0.388 e. The van der Waals surface area contributed by atoms with E-state index in [1.807, 2.05) is 6.92 Å². The lowest BCUT2D eigenvalue weighted by Gasteiger charge is -2.31. The molecule has 0 amide bonds. The van der Waals surface area contributed by atoms with Crippen molar-refractivity contribution in [1.29, 1.82) is 0 Å². The number of aromatic nitrogens is 4. The zero-order valence-corrected chi connectivity index (χ0v) is 14.1. The van der Waals surface area contributed by atoms with Crippen LogP contribution < -0.4 is 5.32 Å². The summed E-state index contributed by atoms with van der Waals surface area (Å²) in [7, 11) is 0. The lowest BCUT2D eigenvalue weighted by atomic mass is 9.91. The molecule has 3 aromatic rings. The normalized spacial score (nSPS) is 13.4. The van der Waals surface area contributed by atoms with Crippen molar-refractivity contribution in [1.82, 2.24) is 19.6 Å². The second-order valence-electron chi connectivity index (χ2n) is 6.45. The Labute approximate surface area is 143 Å². The molecular weight excluding hydrogens is 328 g/mol. The molecule has 25 heavy (non-hydrogen) atoms. The average Bonchev–Trinajstić information content (AvgIpc) is 2.99. The van der Waals surface area contributed by atoms with Gasteiger partial charge in [0.05, 0.1) is 11.6 Å². The summed E-state index contributed by atoms with van der Waals surface area (Å²) >= 11 is 0. The molecule has 0 fully saturated rings. The Bertz CT molecular complexity index is 871. The predicted molar refractivity (Wildman–Crippen MR) is 89.6 cm³/mol. The first-order valence-electron chi connectivity index (χ1n) is 7.80. The van der Waals surface area contributed by atoms with Crippen LogP contribution in [0.4, 0.5) is 14.6 Å². The molecule has 6 nitrogen and oxygen atoms in total. The van der Waals surface area contributed by atoms with Crippen LogP contribution in [-0.4, -0.2) is 30.3 Å². The fourth-order valence-electron chi connectivity index (χ4n) is 2.68. The molecule has 1 atom stereocenters. The van der Waals surface area contributed by atoms with Gasteiger partial charge in [-0.05, 0) is 26.3 Å². The van der Waals surface area contributed by atoms with Gasteiger partial charge in [0.1, 0.15) is 12.1 Å². The molecule has 3 rings (SSSR count). The summed E-state index contributed by atoms with van der Waals surface area (Å²) in [6, 6.07) is 7.14. The Morgan fingerprint density at radius 1 is 1.16 bits per heavy atom. The molecule has 2 aromatic heterocycles. The topological polar surface area (TPSA) is 75.3 Å². The minimum atomic E-state index is -2.53. The Kier molecular flexibility index (Phi) is 4.38. The molecule has 0 saturated carbocycles. The Balaban J connectivity index is 2.00. The number of hydrogen-bond donors (Lipinski definition) is 2. The zero-order valence-electron chi connectivity index (χ0n) is 14.1. The predicted octanol–water partition coefficient (Wildman–Crippen LogP) is 3.29. The fourth-order valence-corrected chi connectivity index (χ4v) is 2.68. The minimum Gasteiger partial charge on any atom is -0.388 e. The van der Waals surface area contributed by atoms with E-state index in [0.717, 1.165) is 5.69 Å². The smallest absolute Gasteiger partial charge is 0.263 e. The molecule has 1 unspecified atom stereocenters. The Morgan fingerprint density at radius 2 is 1.80 bits per heavy atom. The third kappa shape index (κ3) is 3.58. The lowest BCUT2D eigenvalue weighted by Crippen LogP contribution is -2.35. The summed E-state index contributed by atoms with van der Waals surface area (Å²) in [4.78, 5) is 8.34. The minimum absolute atomic E-state index is 0.0586. The van der Waals surface area contributed by atoms with Gasteiger partial charge in [0.2, 0.25) is 0 Å². The van der Waals surface area contributed by atoms with E-state index in [-0.39, 0.29) is 5.56 Å². The van der Waals surface area contributed by atoms with Crippen molar-refractivity contribution < 1.29 is 13.9 Å². The number of hydrogen-bond acceptors (Lipinski definition) is 5. The van der Waals surface area contributed by atoms with Gasteiger partial charge in [-0.15, -0.1) is 0 Å². The molecule has 132 valence electrons. The zero-order chi connectivity index (χ0) is 18.2. The van der Waals surface area contributed by atoms with Crippen molar-refractivity contribution in [2.45, 2.75) is 38.8 Å². The number of nitrogens with one attached hydrogen (secondary N) is 1. The molecule has 0 bridgehead atoms. The molecule has 0 aliphatic carbocycles. The average molecular weight is 347 g/mol. The van der Waals surface area contributed by atoms with E-state index in [9.17, 15) is 13.9 Å². The molecule has 2 N–H and O–H groups in total. The summed E-state index contributed by atoms with van der Waals surface area (Å²) in [6.45, 7) is 5.13. The van der Waals surface area contributed by atoms with Gasteiger partial charge in [0.25, 0.3) is 12.2 Å². The number of rotatable bonds is 5. The lowest BCUT2D eigenvalue weighted by molar-refractivity contribution is 0.0587. The first-order valence-corrected chi connectivity index (χ1v) is 7.80. The molecule has 0 radical (unpaired) electrons. The van der Waals surface area contributed by atoms with Gasteiger partial charge in [-0.25, -0.2) is 13.8 Å². The van der Waals surface area contributed by atoms with E-state index in [1.165, 1.54) is 23.0 Å². The number of aliphatic hydroxyl groups is 1. The molecule has 0 aliphatic heterocycles. The highest BCUT2D eigenvalue weighted by Crippen LogP contribution is 2.31. The van der Waals surface area contributed by atoms with Gasteiger partial charge in [-0.3, -0.25) is 0 Å². The van der Waals surface area contributed by atoms with Crippen LogP contribution in [0.1, 0.15) is 43.1 Å². The van der Waals surface area contributed by atoms with Crippen LogP contribution in [-0.2, 0) is 0 Å². The number of benzene rings is 1. The van der Waals surface area contributed by atoms with Crippen molar-refractivity contribution >= 4 is 11.6 Å². The summed E-state index contributed by atoms with van der Waals surface area (Å²) in [6.07, 6.45) is -1.14. The maximum Gasteiger partial charge on any atom is 0.263 e. The van der Waals surface area contributed by atoms with Crippen molar-refractivity contribution in [2.24, 2.45) is 0 Å². The number of aryl methyl sites for hydroxylation is 1. The fraction of sp³-hybridized carbons (Fsp3) is 0.353. The number of nitrogens with zero attached hydrogens (tertiary/aromatic N) is 4. The van der Waals surface area contributed by atoms with Gasteiger partial charge in [-0.2, -0.15) is 14.6 Å². The second-order valence-corrected chi connectivity index (χ2v) is 6.45. The van der Waals surface area contributed by atoms with Crippen LogP contribution in [0.3, 0.4) is 0 Å². The van der Waals surface area contributed by atoms with Crippen LogP contribution in [0.2, 0.25) is 0 Å². The van der Waals surface area contributed by atoms with Crippen LogP contribution in [0, 0.1) is 6.92 Å². The van der Waals surface area contributed by atoms with E-state index < -0.39 is 18.1 Å². The van der Waals surface area contributed by atoms with Crippen LogP contribution >= 0.6 is 0 Å². The van der Waals surface area contributed by atoms with Gasteiger partial charge < -0.3 is 10.4 Å². The standard InChI is InChI=1S/C17H19F2N5O/c1-10-8-13(24-16(22-10)20-9-21-24)23-14(17(2,3)25)11-4-6-12(7-5-11)15(18)19/h4-9,14-15,23,25H,1-3H3. The summed E-state index contributed by atoms with van der Waals surface area (Å²) in [5.41, 5.74) is 0.206. The SMILES string of the molecule is Cc1cc(NC(c2ccc(C(F)F)cc2)C(C)(C)O)n2ncnc2n1. The van der Waals surface area contributed by atoms with E-state index in [1.54, 1.807) is 32.0 Å². The van der Waals surface area contributed by atoms with E-state index in [0.29, 0.717) is 17.2 Å². The van der Waals surface area contributed by atoms with Gasteiger partial charge in [0.15, 0.2) is 0 Å². The number of alkyl halides is 2. The van der Waals surface area contributed by atoms with Gasteiger partial charge in [0, 0.05) is 17.3 Å². The summed E-state index contributed by atoms with van der Waals surface area (Å²) in [5.74, 6) is 1.04. The number of halogens is 2. The highest BCUT2D eigenvalue weighted by atomic mass is 19.3. The molecule has 0 saturated heterocycles. The summed E-state index contributed by atoms with van der Waals surface area (Å²) in [5, 5.41) is 18.0. The third-order valence-electron chi connectivity index (χ3n) is 3.90. The van der Waals surface area contributed by atoms with E-state index >= 15 is 0 Å². The highest BCUT2D eigenvalue weighted by molar-refractivity contribution is 5.47. The molecule has 8 heteroatoms. The molecule has 2 heterocycles. The third-order valence-corrected chi connectivity index (χ3v) is 3.90. The quantitative estimate of drug-likeness (QED) is 0.741. The summed E-state index contributed by atoms with van der Waals surface area (Å²) < 4.78 is 27.1. The molecular formula is C17H19F2N5O. The highest BCUT2D eigenvalue weighted by Gasteiger charge is 2.29. The van der Waals surface area contributed by atoms with Crippen molar-refractivity contribution in [3.63, 3.8) is 0 Å². The van der Waals surface area contributed by atoms with Gasteiger partial charge >= 0.3 is 0 Å². The first-order chi connectivity index (χ1) is 11.8. The second kappa shape index (κ2) is 6.36. The molecule has 1 aromatic carbocycles. The maximum absolute atomic E-state index is 12.8. The number of anilines is 1. The van der Waals surface area contributed by atoms with Crippen molar-refractivity contribution in [2.75, 3.05) is 5.32 Å². The van der Waals surface area contributed by atoms with Crippen LogP contribution in [0.15, 0.2) is 36.7 Å². The first kappa shape index (κ1) is 17.2. The Hall–Kier alpha value is -2.61. The number of fused-ring (bicyclic) bond motifs is 1.